The maximum Gasteiger partial charge on any atom is 0.178 e. The highest BCUT2D eigenvalue weighted by molar-refractivity contribution is 7.71. The van der Waals surface area contributed by atoms with Gasteiger partial charge in [0.05, 0.1) is 17.1 Å². The SMILES string of the molecule is Cc1ccc(C(C)n2c(=S)[nH]c3cccc(C)c32)cc1. The molecule has 1 aromatic heterocycles. The molecule has 1 atom stereocenters. The summed E-state index contributed by atoms with van der Waals surface area (Å²) in [7, 11) is 0. The predicted molar refractivity (Wildman–Crippen MR) is 86.9 cm³/mol. The first-order valence-electron chi connectivity index (χ1n) is 6.84. The Morgan fingerprint density at radius 1 is 1.05 bits per heavy atom. The van der Waals surface area contributed by atoms with Crippen LogP contribution in [-0.2, 0) is 0 Å². The first-order chi connectivity index (χ1) is 9.58. The second-order valence-corrected chi connectivity index (χ2v) is 5.74. The maximum absolute atomic E-state index is 5.52. The standard InChI is InChI=1S/C17H18N2S/c1-11-7-9-14(10-8-11)13(3)19-16-12(2)5-4-6-15(16)18-17(19)20/h4-10,13H,1-3H3,(H,18,20). The Morgan fingerprint density at radius 2 is 1.75 bits per heavy atom. The Kier molecular flexibility index (Phi) is 3.22. The van der Waals surface area contributed by atoms with Crippen LogP contribution in [0.3, 0.4) is 0 Å². The molecule has 20 heavy (non-hydrogen) atoms. The Morgan fingerprint density at radius 3 is 2.45 bits per heavy atom. The lowest BCUT2D eigenvalue weighted by Crippen LogP contribution is -2.07. The first-order valence-corrected chi connectivity index (χ1v) is 7.25. The number of imidazole rings is 1. The second-order valence-electron chi connectivity index (χ2n) is 5.36. The van der Waals surface area contributed by atoms with Gasteiger partial charge in [-0.3, -0.25) is 0 Å². The number of aromatic nitrogens is 2. The zero-order valence-electron chi connectivity index (χ0n) is 12.0. The summed E-state index contributed by atoms with van der Waals surface area (Å²) in [6, 6.07) is 15.1. The van der Waals surface area contributed by atoms with Gasteiger partial charge < -0.3 is 9.55 Å². The normalized spacial score (nSPS) is 12.8. The van der Waals surface area contributed by atoms with E-state index in [1.54, 1.807) is 0 Å². The molecule has 0 fully saturated rings. The summed E-state index contributed by atoms with van der Waals surface area (Å²) in [4.78, 5) is 3.31. The summed E-state index contributed by atoms with van der Waals surface area (Å²) in [5.41, 5.74) is 6.10. The van der Waals surface area contributed by atoms with Crippen molar-refractivity contribution in [1.29, 1.82) is 0 Å². The molecule has 1 unspecified atom stereocenters. The molecule has 3 rings (SSSR count). The van der Waals surface area contributed by atoms with Gasteiger partial charge in [-0.05, 0) is 50.2 Å². The van der Waals surface area contributed by atoms with Crippen molar-refractivity contribution in [1.82, 2.24) is 9.55 Å². The van der Waals surface area contributed by atoms with Crippen molar-refractivity contribution in [3.63, 3.8) is 0 Å². The molecule has 0 aliphatic heterocycles. The van der Waals surface area contributed by atoms with Crippen molar-refractivity contribution in [3.8, 4) is 0 Å². The number of aryl methyl sites for hydroxylation is 2. The fraction of sp³-hybridized carbons (Fsp3) is 0.235. The van der Waals surface area contributed by atoms with Crippen molar-refractivity contribution in [3.05, 3.63) is 63.9 Å². The minimum absolute atomic E-state index is 0.220. The second kappa shape index (κ2) is 4.91. The fourth-order valence-electron chi connectivity index (χ4n) is 2.72. The third-order valence-corrected chi connectivity index (χ3v) is 4.18. The minimum Gasteiger partial charge on any atom is -0.331 e. The van der Waals surface area contributed by atoms with Crippen molar-refractivity contribution >= 4 is 23.3 Å². The summed E-state index contributed by atoms with van der Waals surface area (Å²) in [6.07, 6.45) is 0. The lowest BCUT2D eigenvalue weighted by Gasteiger charge is -2.16. The highest BCUT2D eigenvalue weighted by Crippen LogP contribution is 2.26. The van der Waals surface area contributed by atoms with Crippen LogP contribution in [0.2, 0.25) is 0 Å². The average Bonchev–Trinajstić information content (AvgIpc) is 2.76. The molecule has 0 aliphatic carbocycles. The third-order valence-electron chi connectivity index (χ3n) is 3.89. The summed E-state index contributed by atoms with van der Waals surface area (Å²) in [5, 5.41) is 0. The van der Waals surface area contributed by atoms with Gasteiger partial charge in [0.25, 0.3) is 0 Å². The van der Waals surface area contributed by atoms with E-state index in [0.29, 0.717) is 0 Å². The molecule has 0 saturated carbocycles. The number of rotatable bonds is 2. The molecule has 0 spiro atoms. The van der Waals surface area contributed by atoms with E-state index in [4.69, 9.17) is 12.2 Å². The number of aromatic amines is 1. The molecule has 0 bridgehead atoms. The van der Waals surface area contributed by atoms with Gasteiger partial charge in [0.15, 0.2) is 4.77 Å². The molecule has 0 saturated heterocycles. The van der Waals surface area contributed by atoms with Gasteiger partial charge in [-0.1, -0.05) is 42.0 Å². The summed E-state index contributed by atoms with van der Waals surface area (Å²) >= 11 is 5.52. The largest absolute Gasteiger partial charge is 0.331 e. The van der Waals surface area contributed by atoms with Crippen LogP contribution in [0, 0.1) is 18.6 Å². The lowest BCUT2D eigenvalue weighted by molar-refractivity contribution is 0.648. The average molecular weight is 282 g/mol. The minimum atomic E-state index is 0.220. The summed E-state index contributed by atoms with van der Waals surface area (Å²) in [5.74, 6) is 0. The van der Waals surface area contributed by atoms with Crippen LogP contribution in [0.4, 0.5) is 0 Å². The highest BCUT2D eigenvalue weighted by atomic mass is 32.1. The zero-order chi connectivity index (χ0) is 14.3. The Balaban J connectivity index is 2.21. The number of nitrogens with zero attached hydrogens (tertiary/aromatic N) is 1. The van der Waals surface area contributed by atoms with E-state index in [0.717, 1.165) is 10.3 Å². The number of para-hydroxylation sites is 1. The van der Waals surface area contributed by atoms with E-state index in [-0.39, 0.29) is 6.04 Å². The monoisotopic (exact) mass is 282 g/mol. The van der Waals surface area contributed by atoms with Gasteiger partial charge in [-0.15, -0.1) is 0 Å². The van der Waals surface area contributed by atoms with Crippen LogP contribution < -0.4 is 0 Å². The van der Waals surface area contributed by atoms with Gasteiger partial charge >= 0.3 is 0 Å². The van der Waals surface area contributed by atoms with E-state index < -0.39 is 0 Å². The van der Waals surface area contributed by atoms with Crippen LogP contribution in [-0.4, -0.2) is 9.55 Å². The van der Waals surface area contributed by atoms with Gasteiger partial charge in [0.1, 0.15) is 0 Å². The number of hydrogen-bond donors (Lipinski definition) is 1. The molecule has 3 heteroatoms. The third kappa shape index (κ3) is 2.08. The number of nitrogens with one attached hydrogen (secondary N) is 1. The molecular formula is C17H18N2S. The van der Waals surface area contributed by atoms with Gasteiger partial charge in [-0.25, -0.2) is 0 Å². The van der Waals surface area contributed by atoms with Crippen molar-refractivity contribution in [2.75, 3.05) is 0 Å². The van der Waals surface area contributed by atoms with E-state index in [1.807, 2.05) is 0 Å². The maximum atomic E-state index is 5.52. The topological polar surface area (TPSA) is 20.7 Å². The van der Waals surface area contributed by atoms with Gasteiger partial charge in [0.2, 0.25) is 0 Å². The smallest absolute Gasteiger partial charge is 0.178 e. The van der Waals surface area contributed by atoms with Gasteiger partial charge in [0, 0.05) is 0 Å². The molecule has 2 nitrogen and oxygen atoms in total. The fourth-order valence-corrected chi connectivity index (χ4v) is 3.08. The molecule has 1 heterocycles. The molecule has 2 aromatic carbocycles. The highest BCUT2D eigenvalue weighted by Gasteiger charge is 2.14. The van der Waals surface area contributed by atoms with Crippen LogP contribution in [0.5, 0.6) is 0 Å². The number of fused-ring (bicyclic) bond motifs is 1. The lowest BCUT2D eigenvalue weighted by atomic mass is 10.1. The van der Waals surface area contributed by atoms with Crippen LogP contribution >= 0.6 is 12.2 Å². The molecule has 3 aromatic rings. The van der Waals surface area contributed by atoms with E-state index in [2.05, 4.69) is 72.8 Å². The van der Waals surface area contributed by atoms with E-state index in [1.165, 1.54) is 22.2 Å². The Bertz CT molecular complexity index is 809. The molecule has 1 N–H and O–H groups in total. The van der Waals surface area contributed by atoms with Crippen molar-refractivity contribution < 1.29 is 0 Å². The van der Waals surface area contributed by atoms with E-state index in [9.17, 15) is 0 Å². The van der Waals surface area contributed by atoms with Crippen LogP contribution in [0.15, 0.2) is 42.5 Å². The first kappa shape index (κ1) is 13.1. The molecular weight excluding hydrogens is 264 g/mol. The molecule has 0 aliphatic rings. The number of H-pyrrole nitrogens is 1. The van der Waals surface area contributed by atoms with Gasteiger partial charge in [-0.2, -0.15) is 0 Å². The van der Waals surface area contributed by atoms with Crippen LogP contribution in [0.1, 0.15) is 29.7 Å². The molecule has 0 radical (unpaired) electrons. The Hall–Kier alpha value is -1.87. The predicted octanol–water partition coefficient (Wildman–Crippen LogP) is 4.93. The number of hydrogen-bond acceptors (Lipinski definition) is 1. The van der Waals surface area contributed by atoms with Crippen LogP contribution in [0.25, 0.3) is 11.0 Å². The van der Waals surface area contributed by atoms with Crippen molar-refractivity contribution in [2.45, 2.75) is 26.8 Å². The molecule has 102 valence electrons. The number of benzene rings is 2. The van der Waals surface area contributed by atoms with Crippen molar-refractivity contribution in [2.24, 2.45) is 0 Å². The zero-order valence-corrected chi connectivity index (χ0v) is 12.8. The van der Waals surface area contributed by atoms with E-state index >= 15 is 0 Å². The summed E-state index contributed by atoms with van der Waals surface area (Å²) in [6.45, 7) is 6.43. The molecule has 0 amide bonds. The quantitative estimate of drug-likeness (QED) is 0.661. The summed E-state index contributed by atoms with van der Waals surface area (Å²) < 4.78 is 2.99. The Labute approximate surface area is 124 Å².